The van der Waals surface area contributed by atoms with E-state index in [2.05, 4.69) is 54.4 Å². The van der Waals surface area contributed by atoms with E-state index in [1.807, 2.05) is 13.8 Å². The molecule has 8 amide bonds. The first-order valence-corrected chi connectivity index (χ1v) is 27.3. The number of aromatic hydroxyl groups is 1. The van der Waals surface area contributed by atoms with Gasteiger partial charge in [0, 0.05) is 32.2 Å². The van der Waals surface area contributed by atoms with Crippen LogP contribution in [0.4, 0.5) is 0 Å². The maximum atomic E-state index is 14.3. The van der Waals surface area contributed by atoms with Gasteiger partial charge in [0.05, 0.1) is 11.9 Å². The van der Waals surface area contributed by atoms with Gasteiger partial charge in [-0.1, -0.05) is 80.5 Å². The fourth-order valence-corrected chi connectivity index (χ4v) is 8.18. The summed E-state index contributed by atoms with van der Waals surface area (Å²) in [6.45, 7) is 17.4. The zero-order valence-corrected chi connectivity index (χ0v) is 48.0. The van der Waals surface area contributed by atoms with Crippen molar-refractivity contribution < 1.29 is 83.1 Å². The van der Waals surface area contributed by atoms with Gasteiger partial charge in [-0.3, -0.25) is 52.7 Å². The van der Waals surface area contributed by atoms with E-state index in [-0.39, 0.29) is 68.5 Å². The van der Waals surface area contributed by atoms with Gasteiger partial charge in [0.2, 0.25) is 47.3 Å². The number of aliphatic carboxylic acids is 4. The lowest BCUT2D eigenvalue weighted by atomic mass is 9.96. The average molecular weight is 1160 g/mol. The normalized spacial score (nSPS) is 14.8. The lowest BCUT2D eigenvalue weighted by Crippen LogP contribution is -2.61. The molecule has 460 valence electrons. The van der Waals surface area contributed by atoms with Crippen molar-refractivity contribution in [2.75, 3.05) is 6.54 Å². The topological polar surface area (TPSA) is 466 Å². The van der Waals surface area contributed by atoms with Gasteiger partial charge in [0.25, 0.3) is 0 Å². The van der Waals surface area contributed by atoms with Crippen LogP contribution >= 0.6 is 0 Å². The van der Waals surface area contributed by atoms with Crippen molar-refractivity contribution in [3.05, 3.63) is 42.2 Å². The molecule has 0 aliphatic rings. The van der Waals surface area contributed by atoms with Crippen molar-refractivity contribution in [2.45, 2.75) is 187 Å². The van der Waals surface area contributed by atoms with Crippen LogP contribution in [0.2, 0.25) is 0 Å². The number of carboxylic acid groups (broad SMARTS) is 4. The van der Waals surface area contributed by atoms with Crippen molar-refractivity contribution in [1.29, 1.82) is 0 Å². The van der Waals surface area contributed by atoms with Crippen LogP contribution in [0.5, 0.6) is 5.75 Å². The molecule has 0 bridgehead atoms. The molecule has 0 spiro atoms. The maximum absolute atomic E-state index is 14.3. The minimum absolute atomic E-state index is 0.0238. The number of hydrogen-bond acceptors (Lipinski definition) is 16. The molecule has 0 saturated heterocycles. The number of hydrogen-bond donors (Lipinski definition) is 16. The van der Waals surface area contributed by atoms with E-state index < -0.39 is 176 Å². The maximum Gasteiger partial charge on any atom is 0.326 e. The summed E-state index contributed by atoms with van der Waals surface area (Å²) in [4.78, 5) is 159. The third-order valence-corrected chi connectivity index (χ3v) is 12.9. The number of rotatable bonds is 40. The summed E-state index contributed by atoms with van der Waals surface area (Å²) in [6.07, 6.45) is -3.72. The minimum atomic E-state index is -1.85. The van der Waals surface area contributed by atoms with Crippen LogP contribution in [0.3, 0.4) is 0 Å². The molecular formula is C54H87N11O17. The van der Waals surface area contributed by atoms with E-state index in [4.69, 9.17) is 11.5 Å². The van der Waals surface area contributed by atoms with Gasteiger partial charge >= 0.3 is 23.9 Å². The van der Waals surface area contributed by atoms with Gasteiger partial charge in [0.15, 0.2) is 0 Å². The molecule has 1 rings (SSSR count). The van der Waals surface area contributed by atoms with Gasteiger partial charge in [-0.2, -0.15) is 0 Å². The quantitative estimate of drug-likeness (QED) is 0.0365. The lowest BCUT2D eigenvalue weighted by Gasteiger charge is -2.30. The van der Waals surface area contributed by atoms with E-state index in [1.165, 1.54) is 24.3 Å². The third kappa shape index (κ3) is 27.9. The summed E-state index contributed by atoms with van der Waals surface area (Å²) in [5.41, 5.74) is 12.2. The summed E-state index contributed by atoms with van der Waals surface area (Å²) < 4.78 is 0. The second-order valence-electron chi connectivity index (χ2n) is 21.4. The summed E-state index contributed by atoms with van der Waals surface area (Å²) in [7, 11) is 0. The van der Waals surface area contributed by atoms with E-state index in [0.717, 1.165) is 0 Å². The molecule has 82 heavy (non-hydrogen) atoms. The molecule has 0 heterocycles. The molecule has 18 N–H and O–H groups in total. The standard InChI is InChI=1S/C54H87N11O17/c1-10-30(8)45(53(80)61-35(12-11-23-57-31(9)55)49(76)64-44(29(6)7)52(79)63-40(54(81)82)25-28(4)5)65-50(77)38(19-22-43(71)72)59-47(74)36(17-20-41(67)68)58-48(75)37(18-21-42(69)70)60-51(78)39(26-32-13-15-33(66)16-14-32)62-46(73)34(56)24-27(2)3/h13-16,27-30,34-40,44-45,57,66H,9-12,17-26,55-56H2,1-8H3,(H,58,75)(H,59,74)(H,60,78)(H,61,80)(H,62,73)(H,63,79)(H,64,76)(H,65,77)(H,67,68)(H,69,70)(H,71,72)(H,81,82). The molecule has 0 fully saturated rings. The third-order valence-electron chi connectivity index (χ3n) is 12.9. The molecule has 0 radical (unpaired) electrons. The van der Waals surface area contributed by atoms with Gasteiger partial charge in [-0.15, -0.1) is 0 Å². The van der Waals surface area contributed by atoms with Crippen LogP contribution < -0.4 is 59.3 Å². The fraction of sp³-hybridized carbons (Fsp3) is 0.630. The van der Waals surface area contributed by atoms with Gasteiger partial charge in [0.1, 0.15) is 54.1 Å². The molecule has 10 atom stereocenters. The zero-order chi connectivity index (χ0) is 62.6. The van der Waals surface area contributed by atoms with E-state index in [1.54, 1.807) is 41.5 Å². The molecule has 0 aliphatic carbocycles. The fourth-order valence-electron chi connectivity index (χ4n) is 8.18. The molecular weight excluding hydrogens is 1070 g/mol. The summed E-state index contributed by atoms with van der Waals surface area (Å²) in [5.74, 6) is -14.9. The summed E-state index contributed by atoms with van der Waals surface area (Å²) in [6, 6.07) is -7.79. The SMILES string of the molecule is C=C(N)NCCCC(NC(=O)C(NC(=O)C(CCC(=O)O)NC(=O)C(CCC(=O)O)NC(=O)C(CCC(=O)O)NC(=O)C(Cc1ccc(O)cc1)NC(=O)C(N)CC(C)C)C(C)CC)C(=O)NC(C(=O)NC(CC(C)C)C(=O)O)C(C)C. The van der Waals surface area contributed by atoms with Crippen molar-refractivity contribution in [3.63, 3.8) is 0 Å². The number of amides is 8. The Kier molecular flexibility index (Phi) is 31.9. The van der Waals surface area contributed by atoms with Crippen molar-refractivity contribution in [3.8, 4) is 5.75 Å². The van der Waals surface area contributed by atoms with Crippen LogP contribution in [-0.2, 0) is 64.0 Å². The number of carboxylic acids is 4. The molecule has 0 aromatic heterocycles. The van der Waals surface area contributed by atoms with Gasteiger partial charge < -0.3 is 84.9 Å². The highest BCUT2D eigenvalue weighted by atomic mass is 16.4. The van der Waals surface area contributed by atoms with Crippen LogP contribution in [-0.4, -0.2) is 158 Å². The molecule has 1 aromatic carbocycles. The van der Waals surface area contributed by atoms with E-state index in [0.29, 0.717) is 5.56 Å². The number of carbonyl (C=O) groups excluding carboxylic acids is 8. The number of carbonyl (C=O) groups is 12. The number of benzene rings is 1. The van der Waals surface area contributed by atoms with Crippen molar-refractivity contribution in [2.24, 2.45) is 35.1 Å². The van der Waals surface area contributed by atoms with Crippen LogP contribution in [0.1, 0.15) is 132 Å². The average Bonchev–Trinajstić information content (AvgIpc) is 3.39. The van der Waals surface area contributed by atoms with Crippen molar-refractivity contribution in [1.82, 2.24) is 47.9 Å². The van der Waals surface area contributed by atoms with Crippen LogP contribution in [0.25, 0.3) is 0 Å². The van der Waals surface area contributed by atoms with E-state index >= 15 is 0 Å². The first kappa shape index (κ1) is 72.0. The number of nitrogens with two attached hydrogens (primary N) is 2. The molecule has 10 unspecified atom stereocenters. The lowest BCUT2D eigenvalue weighted by molar-refractivity contribution is -0.143. The Labute approximate surface area is 477 Å². The number of phenols is 1. The van der Waals surface area contributed by atoms with Crippen LogP contribution in [0.15, 0.2) is 36.7 Å². The van der Waals surface area contributed by atoms with Gasteiger partial charge in [-0.25, -0.2) is 4.79 Å². The minimum Gasteiger partial charge on any atom is -0.508 e. The first-order chi connectivity index (χ1) is 38.3. The zero-order valence-electron chi connectivity index (χ0n) is 48.0. The summed E-state index contributed by atoms with van der Waals surface area (Å²) in [5, 5.41) is 71.1. The molecule has 0 aliphatic heterocycles. The number of phenolic OH excluding ortho intramolecular Hbond substituents is 1. The predicted molar refractivity (Wildman–Crippen MR) is 297 cm³/mol. The second-order valence-corrected chi connectivity index (χ2v) is 21.4. The Morgan fingerprint density at radius 1 is 0.500 bits per heavy atom. The monoisotopic (exact) mass is 1160 g/mol. The molecule has 28 heteroatoms. The molecule has 28 nitrogen and oxygen atoms in total. The smallest absolute Gasteiger partial charge is 0.326 e. The molecule has 1 aromatic rings. The van der Waals surface area contributed by atoms with Crippen LogP contribution in [0, 0.1) is 23.7 Å². The molecule has 0 saturated carbocycles. The first-order valence-electron chi connectivity index (χ1n) is 27.3. The Bertz CT molecular complexity index is 2370. The Hall–Kier alpha value is -8.04. The number of nitrogens with one attached hydrogen (secondary N) is 9. The Morgan fingerprint density at radius 2 is 0.878 bits per heavy atom. The van der Waals surface area contributed by atoms with E-state index in [9.17, 15) is 83.1 Å². The predicted octanol–water partition coefficient (Wildman–Crippen LogP) is -0.587. The Balaban J connectivity index is 3.67. The largest absolute Gasteiger partial charge is 0.508 e. The summed E-state index contributed by atoms with van der Waals surface area (Å²) >= 11 is 0. The Morgan fingerprint density at radius 3 is 1.28 bits per heavy atom. The highest BCUT2D eigenvalue weighted by molar-refractivity contribution is 5.98. The highest BCUT2D eigenvalue weighted by Crippen LogP contribution is 2.16. The second kappa shape index (κ2) is 36.3. The highest BCUT2D eigenvalue weighted by Gasteiger charge is 2.37. The van der Waals surface area contributed by atoms with Gasteiger partial charge in [-0.05, 0) is 86.3 Å². The van der Waals surface area contributed by atoms with Crippen molar-refractivity contribution >= 4 is 71.1 Å².